The van der Waals surface area contributed by atoms with Gasteiger partial charge in [-0.05, 0) is 12.8 Å². The molecule has 2 aromatic rings. The van der Waals surface area contributed by atoms with Crippen LogP contribution in [0.2, 0.25) is 5.15 Å². The molecule has 11 heteroatoms. The normalized spacial score (nSPS) is 15.2. The monoisotopic (exact) mass is 381 g/mol. The van der Waals surface area contributed by atoms with Crippen molar-refractivity contribution in [3.63, 3.8) is 0 Å². The topological polar surface area (TPSA) is 144 Å². The Morgan fingerprint density at radius 1 is 1.31 bits per heavy atom. The first-order valence-electron chi connectivity index (χ1n) is 7.94. The Morgan fingerprint density at radius 3 is 2.69 bits per heavy atom. The van der Waals surface area contributed by atoms with Crippen molar-refractivity contribution in [1.29, 1.82) is 0 Å². The van der Waals surface area contributed by atoms with E-state index in [0.717, 1.165) is 0 Å². The van der Waals surface area contributed by atoms with Gasteiger partial charge in [0.15, 0.2) is 28.3 Å². The number of alkyl halides is 1. The second-order valence-electron chi connectivity index (χ2n) is 5.95. The molecule has 0 aliphatic carbocycles. The number of aromatic nitrogens is 4. The molecule has 1 fully saturated rings. The van der Waals surface area contributed by atoms with Crippen LogP contribution in [0.15, 0.2) is 11.0 Å². The van der Waals surface area contributed by atoms with Crippen molar-refractivity contribution in [3.05, 3.63) is 33.2 Å². The molecule has 5 N–H and O–H groups in total. The summed E-state index contributed by atoms with van der Waals surface area (Å²) in [5.41, 5.74) is 11.4. The van der Waals surface area contributed by atoms with Crippen molar-refractivity contribution >= 4 is 34.7 Å². The number of aromatic amines is 1. The van der Waals surface area contributed by atoms with E-state index in [2.05, 4.69) is 19.9 Å². The number of rotatable bonds is 4. The molecule has 138 valence electrons. The zero-order valence-electron chi connectivity index (χ0n) is 13.7. The molecule has 9 nitrogen and oxygen atoms in total. The smallest absolute Gasteiger partial charge is 0.345 e. The standard InChI is InChI=1S/C15H17ClFN7O2/c16-12-14(19)23-13(18)11(22-12)10(25)5-8-9(6-20-15(26)21-8)24-3-1-7(17)2-4-24/h6-7H,1-5H2,(H4,18,19,23)(H,20,21,26). The van der Waals surface area contributed by atoms with Crippen molar-refractivity contribution in [2.75, 3.05) is 29.5 Å². The Morgan fingerprint density at radius 2 is 2.00 bits per heavy atom. The van der Waals surface area contributed by atoms with Crippen LogP contribution in [0.1, 0.15) is 29.0 Å². The quantitative estimate of drug-likeness (QED) is 0.658. The van der Waals surface area contributed by atoms with Gasteiger partial charge in [-0.2, -0.15) is 4.98 Å². The van der Waals surface area contributed by atoms with Gasteiger partial charge in [0.2, 0.25) is 0 Å². The van der Waals surface area contributed by atoms with E-state index in [0.29, 0.717) is 37.3 Å². The number of anilines is 3. The number of Topliss-reactive ketones (excluding diaryl/α,β-unsaturated/α-hetero) is 1. The van der Waals surface area contributed by atoms with Crippen LogP contribution in [0.3, 0.4) is 0 Å². The molecular formula is C15H17ClFN7O2. The molecule has 0 bridgehead atoms. The summed E-state index contributed by atoms with van der Waals surface area (Å²) in [6.07, 6.45) is 1.09. The van der Waals surface area contributed by atoms with Gasteiger partial charge in [-0.1, -0.05) is 11.6 Å². The predicted octanol–water partition coefficient (Wildman–Crippen LogP) is 0.741. The SMILES string of the molecule is Nc1nc(N)c(C(=O)Cc2[nH]c(=O)ncc2N2CCC(F)CC2)nc1Cl. The van der Waals surface area contributed by atoms with E-state index in [1.54, 1.807) is 0 Å². The molecule has 3 rings (SSSR count). The van der Waals surface area contributed by atoms with Crippen LogP contribution < -0.4 is 22.1 Å². The lowest BCUT2D eigenvalue weighted by atomic mass is 10.1. The average Bonchev–Trinajstić information content (AvgIpc) is 2.59. The van der Waals surface area contributed by atoms with Gasteiger partial charge in [0.25, 0.3) is 0 Å². The zero-order chi connectivity index (χ0) is 18.8. The van der Waals surface area contributed by atoms with E-state index < -0.39 is 17.6 Å². The van der Waals surface area contributed by atoms with Crippen LogP contribution in [-0.4, -0.2) is 45.0 Å². The summed E-state index contributed by atoms with van der Waals surface area (Å²) in [7, 11) is 0. The highest BCUT2D eigenvalue weighted by Crippen LogP contribution is 2.25. The Labute approximate surface area is 152 Å². The minimum Gasteiger partial charge on any atom is -0.382 e. The van der Waals surface area contributed by atoms with Gasteiger partial charge in [-0.3, -0.25) is 4.79 Å². The molecule has 0 aromatic carbocycles. The van der Waals surface area contributed by atoms with E-state index in [4.69, 9.17) is 23.1 Å². The Bertz CT molecular complexity index is 896. The van der Waals surface area contributed by atoms with Crippen molar-refractivity contribution in [2.24, 2.45) is 0 Å². The number of nitrogens with two attached hydrogens (primary N) is 2. The first-order valence-corrected chi connectivity index (χ1v) is 8.32. The molecule has 1 saturated heterocycles. The molecule has 0 radical (unpaired) electrons. The third-order valence-electron chi connectivity index (χ3n) is 4.14. The lowest BCUT2D eigenvalue weighted by Crippen LogP contribution is -2.36. The van der Waals surface area contributed by atoms with Gasteiger partial charge in [0.05, 0.1) is 24.0 Å². The first kappa shape index (κ1) is 18.1. The van der Waals surface area contributed by atoms with Crippen LogP contribution in [0.4, 0.5) is 21.7 Å². The summed E-state index contributed by atoms with van der Waals surface area (Å²) in [5.74, 6) is -0.707. The first-order chi connectivity index (χ1) is 12.3. The summed E-state index contributed by atoms with van der Waals surface area (Å²) in [6, 6.07) is 0. The fraction of sp³-hybridized carbons (Fsp3) is 0.400. The molecule has 0 unspecified atom stereocenters. The molecule has 2 aromatic heterocycles. The third-order valence-corrected chi connectivity index (χ3v) is 4.42. The summed E-state index contributed by atoms with van der Waals surface area (Å²) < 4.78 is 13.4. The number of H-pyrrole nitrogens is 1. The zero-order valence-corrected chi connectivity index (χ0v) is 14.5. The maximum Gasteiger partial charge on any atom is 0.345 e. The molecule has 1 aliphatic heterocycles. The van der Waals surface area contributed by atoms with Gasteiger partial charge in [-0.25, -0.2) is 19.2 Å². The number of nitrogen functional groups attached to an aromatic ring is 2. The van der Waals surface area contributed by atoms with Crippen LogP contribution in [0.25, 0.3) is 0 Å². The van der Waals surface area contributed by atoms with Crippen molar-refractivity contribution in [2.45, 2.75) is 25.4 Å². The molecule has 0 atom stereocenters. The number of nitrogens with zero attached hydrogens (tertiary/aromatic N) is 4. The number of ketones is 1. The lowest BCUT2D eigenvalue weighted by molar-refractivity contribution is 0.0988. The molecule has 1 aliphatic rings. The van der Waals surface area contributed by atoms with Crippen LogP contribution >= 0.6 is 11.6 Å². The summed E-state index contributed by atoms with van der Waals surface area (Å²) in [5, 5.41) is -0.129. The van der Waals surface area contributed by atoms with Crippen molar-refractivity contribution in [3.8, 4) is 0 Å². The fourth-order valence-electron chi connectivity index (χ4n) is 2.81. The van der Waals surface area contributed by atoms with Gasteiger partial charge in [0, 0.05) is 13.1 Å². The minimum absolute atomic E-state index is 0.0761. The van der Waals surface area contributed by atoms with Gasteiger partial charge in [-0.15, -0.1) is 0 Å². The van der Waals surface area contributed by atoms with E-state index in [-0.39, 0.29) is 28.9 Å². The number of carbonyl (C=O) groups is 1. The molecule has 0 spiro atoms. The van der Waals surface area contributed by atoms with Gasteiger partial charge in [0.1, 0.15) is 6.17 Å². The van der Waals surface area contributed by atoms with Crippen LogP contribution in [-0.2, 0) is 6.42 Å². The van der Waals surface area contributed by atoms with Crippen LogP contribution in [0, 0.1) is 0 Å². The molecule has 0 amide bonds. The van der Waals surface area contributed by atoms with E-state index >= 15 is 0 Å². The van der Waals surface area contributed by atoms with Crippen molar-refractivity contribution < 1.29 is 9.18 Å². The molecular weight excluding hydrogens is 365 g/mol. The summed E-state index contributed by atoms with van der Waals surface area (Å²) in [6.45, 7) is 0.928. The number of nitrogens with one attached hydrogen (secondary N) is 1. The second-order valence-corrected chi connectivity index (χ2v) is 6.31. The number of hydrogen-bond donors (Lipinski definition) is 3. The van der Waals surface area contributed by atoms with Gasteiger partial charge < -0.3 is 21.4 Å². The maximum absolute atomic E-state index is 13.4. The lowest BCUT2D eigenvalue weighted by Gasteiger charge is -2.31. The maximum atomic E-state index is 13.4. The predicted molar refractivity (Wildman–Crippen MR) is 95.1 cm³/mol. The molecule has 0 saturated carbocycles. The van der Waals surface area contributed by atoms with E-state index in [1.807, 2.05) is 4.90 Å². The van der Waals surface area contributed by atoms with E-state index in [9.17, 15) is 14.0 Å². The average molecular weight is 382 g/mol. The number of halogens is 2. The highest BCUT2D eigenvalue weighted by Gasteiger charge is 2.24. The number of carbonyl (C=O) groups excluding carboxylic acids is 1. The third kappa shape index (κ3) is 3.74. The highest BCUT2D eigenvalue weighted by atomic mass is 35.5. The number of piperidine rings is 1. The minimum atomic E-state index is -0.848. The Balaban J connectivity index is 1.90. The van der Waals surface area contributed by atoms with Crippen LogP contribution in [0.5, 0.6) is 0 Å². The molecule has 26 heavy (non-hydrogen) atoms. The highest BCUT2D eigenvalue weighted by molar-refractivity contribution is 6.31. The second kappa shape index (κ2) is 7.24. The Kier molecular flexibility index (Phi) is 5.03. The summed E-state index contributed by atoms with van der Waals surface area (Å²) in [4.78, 5) is 40.0. The van der Waals surface area contributed by atoms with Crippen molar-refractivity contribution in [1.82, 2.24) is 19.9 Å². The fourth-order valence-corrected chi connectivity index (χ4v) is 2.94. The largest absolute Gasteiger partial charge is 0.382 e. The van der Waals surface area contributed by atoms with E-state index in [1.165, 1.54) is 6.20 Å². The van der Waals surface area contributed by atoms with Gasteiger partial charge >= 0.3 is 5.69 Å². The Hall–Kier alpha value is -2.75. The molecule has 3 heterocycles. The number of hydrogen-bond acceptors (Lipinski definition) is 8. The summed E-state index contributed by atoms with van der Waals surface area (Å²) >= 11 is 5.81.